The summed E-state index contributed by atoms with van der Waals surface area (Å²) in [6.07, 6.45) is 0. The van der Waals surface area contributed by atoms with E-state index in [1.54, 1.807) is 11.3 Å². The van der Waals surface area contributed by atoms with Crippen LogP contribution in [-0.2, 0) is 0 Å². The Labute approximate surface area is 232 Å². The number of hydrogen-bond acceptors (Lipinski definition) is 3. The first-order valence-corrected chi connectivity index (χ1v) is 14.7. The van der Waals surface area contributed by atoms with Gasteiger partial charge in [-0.15, -0.1) is 22.7 Å². The Hall–Kier alpha value is -4.51. The predicted octanol–water partition coefficient (Wildman–Crippen LogP) is 10.6. The zero-order chi connectivity index (χ0) is 25.5. The molecule has 0 aliphatic heterocycles. The maximum atomic E-state index is 5.19. The molecule has 0 N–H and O–H groups in total. The van der Waals surface area contributed by atoms with Crippen molar-refractivity contribution >= 4 is 85.6 Å². The number of hydrogen-bond donors (Lipinski definition) is 0. The van der Waals surface area contributed by atoms with Crippen molar-refractivity contribution in [3.05, 3.63) is 121 Å². The average molecular weight is 533 g/mol. The SMILES string of the molecule is c1ccc2c(c1)ccc1c3ccccc3n(-c3ccc(-c4nc5c(ccc6sc7ccccc7c65)s4)cc3)c21. The number of fused-ring (bicyclic) bond motifs is 10. The molecule has 0 radical (unpaired) electrons. The van der Waals surface area contributed by atoms with Crippen LogP contribution in [0.2, 0.25) is 0 Å². The standard InChI is InChI=1S/C35H20N2S2/c1-2-8-24-21(7-1)15-18-26-25-9-3-5-11-28(25)37(34(24)26)23-16-13-22(14-17-23)35-36-33-31(39-35)20-19-30-32(33)27-10-4-6-12-29(27)38-30/h1-20H. The topological polar surface area (TPSA) is 17.8 Å². The van der Waals surface area contributed by atoms with E-state index in [1.807, 2.05) is 11.3 Å². The fourth-order valence-electron chi connectivity index (χ4n) is 6.08. The molecule has 0 bridgehead atoms. The van der Waals surface area contributed by atoms with Gasteiger partial charge in [0.2, 0.25) is 0 Å². The second-order valence-electron chi connectivity index (χ2n) is 9.98. The predicted molar refractivity (Wildman–Crippen MR) is 170 cm³/mol. The van der Waals surface area contributed by atoms with Crippen LogP contribution in [0, 0.1) is 0 Å². The van der Waals surface area contributed by atoms with Crippen LogP contribution in [0.5, 0.6) is 0 Å². The Balaban J connectivity index is 1.24. The lowest BCUT2D eigenvalue weighted by atomic mass is 10.1. The van der Waals surface area contributed by atoms with Crippen molar-refractivity contribution < 1.29 is 0 Å². The average Bonchev–Trinajstić information content (AvgIpc) is 3.68. The molecule has 9 rings (SSSR count). The second kappa shape index (κ2) is 8.00. The summed E-state index contributed by atoms with van der Waals surface area (Å²) in [7, 11) is 0. The van der Waals surface area contributed by atoms with Crippen molar-refractivity contribution in [2.75, 3.05) is 0 Å². The highest BCUT2D eigenvalue weighted by Gasteiger charge is 2.16. The number of thiophene rings is 1. The van der Waals surface area contributed by atoms with E-state index in [1.165, 1.54) is 57.5 Å². The first-order valence-electron chi connectivity index (χ1n) is 13.1. The summed E-state index contributed by atoms with van der Waals surface area (Å²) in [5.41, 5.74) is 5.91. The zero-order valence-corrected chi connectivity index (χ0v) is 22.4. The van der Waals surface area contributed by atoms with Crippen molar-refractivity contribution in [1.82, 2.24) is 9.55 Å². The fraction of sp³-hybridized carbons (Fsp3) is 0. The fourth-order valence-corrected chi connectivity index (χ4v) is 8.16. The van der Waals surface area contributed by atoms with Gasteiger partial charge in [0.05, 0.1) is 21.3 Å². The molecule has 0 unspecified atom stereocenters. The molecule has 0 amide bonds. The third-order valence-corrected chi connectivity index (χ3v) is 10.0. The largest absolute Gasteiger partial charge is 0.309 e. The lowest BCUT2D eigenvalue weighted by molar-refractivity contribution is 1.19. The van der Waals surface area contributed by atoms with Crippen molar-refractivity contribution in [1.29, 1.82) is 0 Å². The molecule has 0 aliphatic carbocycles. The Morgan fingerprint density at radius 1 is 0.513 bits per heavy atom. The molecule has 0 saturated carbocycles. The van der Waals surface area contributed by atoms with Gasteiger partial charge in [-0.1, -0.05) is 72.8 Å². The van der Waals surface area contributed by atoms with Crippen LogP contribution in [0.3, 0.4) is 0 Å². The molecule has 0 aliphatic rings. The molecule has 39 heavy (non-hydrogen) atoms. The quantitative estimate of drug-likeness (QED) is 0.216. The highest BCUT2D eigenvalue weighted by molar-refractivity contribution is 7.26. The molecule has 2 nitrogen and oxygen atoms in total. The first kappa shape index (κ1) is 21.4. The number of thiazole rings is 1. The Bertz CT molecular complexity index is 2390. The van der Waals surface area contributed by atoms with Crippen LogP contribution in [0.15, 0.2) is 121 Å². The molecule has 0 spiro atoms. The molecule has 3 heterocycles. The van der Waals surface area contributed by atoms with E-state index in [0.29, 0.717) is 0 Å². The highest BCUT2D eigenvalue weighted by atomic mass is 32.1. The minimum absolute atomic E-state index is 1.06. The van der Waals surface area contributed by atoms with Gasteiger partial charge in [0, 0.05) is 47.6 Å². The molecule has 6 aromatic carbocycles. The smallest absolute Gasteiger partial charge is 0.124 e. The number of para-hydroxylation sites is 1. The molecule has 182 valence electrons. The van der Waals surface area contributed by atoms with E-state index in [2.05, 4.69) is 126 Å². The molecular formula is C35H20N2S2. The first-order chi connectivity index (χ1) is 19.3. The molecular weight excluding hydrogens is 513 g/mol. The van der Waals surface area contributed by atoms with Gasteiger partial charge in [-0.2, -0.15) is 0 Å². The lowest BCUT2D eigenvalue weighted by Gasteiger charge is -2.10. The van der Waals surface area contributed by atoms with Crippen LogP contribution in [-0.4, -0.2) is 9.55 Å². The van der Waals surface area contributed by atoms with Crippen LogP contribution >= 0.6 is 22.7 Å². The Morgan fingerprint density at radius 2 is 1.26 bits per heavy atom. The zero-order valence-electron chi connectivity index (χ0n) is 20.8. The van der Waals surface area contributed by atoms with E-state index < -0.39 is 0 Å². The summed E-state index contributed by atoms with van der Waals surface area (Å²) in [6, 6.07) is 44.0. The van der Waals surface area contributed by atoms with Crippen molar-refractivity contribution in [2.45, 2.75) is 0 Å². The number of nitrogens with zero attached hydrogens (tertiary/aromatic N) is 2. The summed E-state index contributed by atoms with van der Waals surface area (Å²) < 4.78 is 6.27. The summed E-state index contributed by atoms with van der Waals surface area (Å²) in [5.74, 6) is 0. The molecule has 0 saturated heterocycles. The summed E-state index contributed by atoms with van der Waals surface area (Å²) in [6.45, 7) is 0. The van der Waals surface area contributed by atoms with Gasteiger partial charge >= 0.3 is 0 Å². The van der Waals surface area contributed by atoms with Gasteiger partial charge < -0.3 is 4.57 Å². The van der Waals surface area contributed by atoms with Gasteiger partial charge in [0.1, 0.15) is 5.01 Å². The minimum atomic E-state index is 1.06. The monoisotopic (exact) mass is 532 g/mol. The third-order valence-electron chi connectivity index (χ3n) is 7.83. The van der Waals surface area contributed by atoms with Crippen LogP contribution in [0.4, 0.5) is 0 Å². The maximum absolute atomic E-state index is 5.19. The molecule has 0 fully saturated rings. The van der Waals surface area contributed by atoms with E-state index in [4.69, 9.17) is 4.98 Å². The van der Waals surface area contributed by atoms with Crippen LogP contribution in [0.25, 0.3) is 79.2 Å². The highest BCUT2D eigenvalue weighted by Crippen LogP contribution is 2.42. The molecule has 3 aromatic heterocycles. The van der Waals surface area contributed by atoms with Gasteiger partial charge in [0.25, 0.3) is 0 Å². The Morgan fingerprint density at radius 3 is 2.15 bits per heavy atom. The molecule has 0 atom stereocenters. The van der Waals surface area contributed by atoms with Crippen molar-refractivity contribution in [3.8, 4) is 16.3 Å². The summed E-state index contributed by atoms with van der Waals surface area (Å²) >= 11 is 3.62. The minimum Gasteiger partial charge on any atom is -0.309 e. The number of benzene rings is 6. The normalized spacial score (nSPS) is 12.1. The van der Waals surface area contributed by atoms with Gasteiger partial charge in [-0.25, -0.2) is 4.98 Å². The second-order valence-corrected chi connectivity index (χ2v) is 12.1. The van der Waals surface area contributed by atoms with Gasteiger partial charge in [0.15, 0.2) is 0 Å². The summed E-state index contributed by atoms with van der Waals surface area (Å²) in [5, 5.41) is 8.73. The van der Waals surface area contributed by atoms with E-state index >= 15 is 0 Å². The Kier molecular flexibility index (Phi) is 4.39. The number of aromatic nitrogens is 2. The van der Waals surface area contributed by atoms with Crippen LogP contribution in [0.1, 0.15) is 0 Å². The molecule has 4 heteroatoms. The van der Waals surface area contributed by atoms with Gasteiger partial charge in [-0.05, 0) is 53.9 Å². The lowest BCUT2D eigenvalue weighted by Crippen LogP contribution is -1.94. The van der Waals surface area contributed by atoms with E-state index in [-0.39, 0.29) is 0 Å². The van der Waals surface area contributed by atoms with Crippen LogP contribution < -0.4 is 0 Å². The van der Waals surface area contributed by atoms with Crippen molar-refractivity contribution in [3.63, 3.8) is 0 Å². The van der Waals surface area contributed by atoms with Crippen molar-refractivity contribution in [2.24, 2.45) is 0 Å². The van der Waals surface area contributed by atoms with E-state index in [9.17, 15) is 0 Å². The molecule has 9 aromatic rings. The third kappa shape index (κ3) is 3.04. The van der Waals surface area contributed by atoms with Gasteiger partial charge in [-0.3, -0.25) is 0 Å². The number of rotatable bonds is 2. The maximum Gasteiger partial charge on any atom is 0.124 e. The summed E-state index contributed by atoms with van der Waals surface area (Å²) in [4.78, 5) is 5.19. The van der Waals surface area contributed by atoms with E-state index in [0.717, 1.165) is 21.8 Å².